The normalized spacial score (nSPS) is 13.4. The Morgan fingerprint density at radius 1 is 1.59 bits per heavy atom. The Hall–Kier alpha value is -1.36. The smallest absolute Gasteiger partial charge is 0.306 e. The highest BCUT2D eigenvalue weighted by atomic mass is 32.1. The molecule has 0 bridgehead atoms. The van der Waals surface area contributed by atoms with Gasteiger partial charge in [0.25, 0.3) is 0 Å². The number of fused-ring (bicyclic) bond motifs is 1. The Bertz CT molecular complexity index is 487. The van der Waals surface area contributed by atoms with Crippen LogP contribution in [0.1, 0.15) is 26.0 Å². The zero-order chi connectivity index (χ0) is 12.4. The highest BCUT2D eigenvalue weighted by Gasteiger charge is 2.20. The van der Waals surface area contributed by atoms with E-state index in [4.69, 9.17) is 0 Å². The van der Waals surface area contributed by atoms with Crippen LogP contribution in [-0.2, 0) is 11.2 Å². The van der Waals surface area contributed by atoms with Crippen LogP contribution in [0.2, 0.25) is 0 Å². The average Bonchev–Trinajstić information content (AvgIpc) is 2.75. The lowest BCUT2D eigenvalue weighted by molar-refractivity contribution is -0.142. The van der Waals surface area contributed by atoms with Gasteiger partial charge >= 0.3 is 5.97 Å². The summed E-state index contributed by atoms with van der Waals surface area (Å²) in [6, 6.07) is 0. The van der Waals surface area contributed by atoms with Gasteiger partial charge in [0.2, 0.25) is 0 Å². The summed E-state index contributed by atoms with van der Waals surface area (Å²) in [5.41, 5.74) is 0.866. The van der Waals surface area contributed by atoms with Crippen LogP contribution < -0.4 is 0 Å². The van der Waals surface area contributed by atoms with Gasteiger partial charge in [-0.1, -0.05) is 13.8 Å². The number of aliphatic carboxylic acids is 1. The number of aromatic nitrogens is 2. The van der Waals surface area contributed by atoms with E-state index in [9.17, 15) is 9.90 Å². The average molecular weight is 252 g/mol. The van der Waals surface area contributed by atoms with E-state index in [1.165, 1.54) is 0 Å². The van der Waals surface area contributed by atoms with Crippen LogP contribution in [0.25, 0.3) is 4.96 Å². The zero-order valence-electron chi connectivity index (χ0n) is 9.96. The maximum absolute atomic E-state index is 11.2. The second-order valence-electron chi connectivity index (χ2n) is 4.69. The highest BCUT2D eigenvalue weighted by Crippen LogP contribution is 2.19. The van der Waals surface area contributed by atoms with Crippen molar-refractivity contribution in [1.29, 1.82) is 0 Å². The molecule has 0 saturated carbocycles. The predicted octanol–water partition coefficient (Wildman–Crippen LogP) is 2.69. The molecule has 0 aliphatic rings. The molecule has 0 aliphatic carbocycles. The van der Waals surface area contributed by atoms with E-state index >= 15 is 0 Å². The molecule has 0 fully saturated rings. The van der Waals surface area contributed by atoms with Crippen molar-refractivity contribution in [3.63, 3.8) is 0 Å². The summed E-state index contributed by atoms with van der Waals surface area (Å²) in [6.07, 6.45) is 5.07. The number of thiazole rings is 1. The number of nitrogens with zero attached hydrogens (tertiary/aromatic N) is 2. The van der Waals surface area contributed by atoms with Crippen LogP contribution in [0, 0.1) is 11.8 Å². The van der Waals surface area contributed by atoms with Gasteiger partial charge in [-0.15, -0.1) is 11.3 Å². The molecule has 1 atom stereocenters. The van der Waals surface area contributed by atoms with E-state index in [-0.39, 0.29) is 5.92 Å². The minimum atomic E-state index is -0.727. The lowest BCUT2D eigenvalue weighted by Crippen LogP contribution is -2.18. The first-order valence-corrected chi connectivity index (χ1v) is 6.58. The number of carbonyl (C=O) groups is 1. The van der Waals surface area contributed by atoms with E-state index in [1.54, 1.807) is 11.3 Å². The van der Waals surface area contributed by atoms with Crippen molar-refractivity contribution in [3.05, 3.63) is 23.5 Å². The van der Waals surface area contributed by atoms with Gasteiger partial charge in [0, 0.05) is 24.2 Å². The lowest BCUT2D eigenvalue weighted by atomic mass is 9.93. The molecule has 2 aromatic rings. The van der Waals surface area contributed by atoms with Crippen molar-refractivity contribution >= 4 is 22.3 Å². The summed E-state index contributed by atoms with van der Waals surface area (Å²) in [4.78, 5) is 16.5. The van der Waals surface area contributed by atoms with Crippen molar-refractivity contribution < 1.29 is 9.90 Å². The number of imidazole rings is 1. The summed E-state index contributed by atoms with van der Waals surface area (Å²) in [5, 5.41) is 11.1. The van der Waals surface area contributed by atoms with Crippen molar-refractivity contribution in [3.8, 4) is 0 Å². The number of carboxylic acid groups (broad SMARTS) is 1. The Morgan fingerprint density at radius 3 is 2.94 bits per heavy atom. The quantitative estimate of drug-likeness (QED) is 0.890. The Labute approximate surface area is 104 Å². The Kier molecular flexibility index (Phi) is 3.47. The fourth-order valence-corrected chi connectivity index (χ4v) is 2.69. The van der Waals surface area contributed by atoms with Gasteiger partial charge in [-0.3, -0.25) is 9.20 Å². The SMILES string of the molecule is CC(C)CC(Cc1cn2ccsc2n1)C(=O)O. The Morgan fingerprint density at radius 2 is 2.35 bits per heavy atom. The first-order valence-electron chi connectivity index (χ1n) is 5.70. The molecule has 17 heavy (non-hydrogen) atoms. The molecule has 0 aliphatic heterocycles. The largest absolute Gasteiger partial charge is 0.481 e. The Balaban J connectivity index is 2.12. The molecule has 5 heteroatoms. The summed E-state index contributed by atoms with van der Waals surface area (Å²) in [6.45, 7) is 4.09. The summed E-state index contributed by atoms with van der Waals surface area (Å²) < 4.78 is 1.94. The van der Waals surface area contributed by atoms with Crippen LogP contribution in [0.5, 0.6) is 0 Å². The number of hydrogen-bond donors (Lipinski definition) is 1. The van der Waals surface area contributed by atoms with Gasteiger partial charge in [-0.2, -0.15) is 0 Å². The molecule has 0 radical (unpaired) electrons. The number of carboxylic acids is 1. The molecule has 1 N–H and O–H groups in total. The third-order valence-electron chi connectivity index (χ3n) is 2.70. The fourth-order valence-electron chi connectivity index (χ4n) is 1.97. The maximum atomic E-state index is 11.2. The summed E-state index contributed by atoms with van der Waals surface area (Å²) in [5.74, 6) is -0.672. The van der Waals surface area contributed by atoms with Crippen molar-refractivity contribution in [2.45, 2.75) is 26.7 Å². The van der Waals surface area contributed by atoms with E-state index in [1.807, 2.05) is 36.0 Å². The molecule has 4 nitrogen and oxygen atoms in total. The van der Waals surface area contributed by atoms with Gasteiger partial charge in [-0.25, -0.2) is 4.98 Å². The molecule has 0 saturated heterocycles. The highest BCUT2D eigenvalue weighted by molar-refractivity contribution is 7.15. The molecule has 0 aromatic carbocycles. The summed E-state index contributed by atoms with van der Waals surface area (Å²) in [7, 11) is 0. The summed E-state index contributed by atoms with van der Waals surface area (Å²) >= 11 is 1.56. The molecular weight excluding hydrogens is 236 g/mol. The second-order valence-corrected chi connectivity index (χ2v) is 5.57. The van der Waals surface area contributed by atoms with Gasteiger partial charge in [0.1, 0.15) is 0 Å². The van der Waals surface area contributed by atoms with Crippen molar-refractivity contribution in [2.75, 3.05) is 0 Å². The van der Waals surface area contributed by atoms with Gasteiger partial charge in [0.15, 0.2) is 4.96 Å². The van der Waals surface area contributed by atoms with Gasteiger partial charge in [-0.05, 0) is 12.3 Å². The number of rotatable bonds is 5. The van der Waals surface area contributed by atoms with Gasteiger partial charge in [0.05, 0.1) is 11.6 Å². The topological polar surface area (TPSA) is 54.6 Å². The molecular formula is C12H16N2O2S. The van der Waals surface area contributed by atoms with E-state index < -0.39 is 5.97 Å². The zero-order valence-corrected chi connectivity index (χ0v) is 10.8. The van der Waals surface area contributed by atoms with Crippen molar-refractivity contribution in [1.82, 2.24) is 9.38 Å². The molecule has 2 heterocycles. The molecule has 2 rings (SSSR count). The predicted molar refractivity (Wildman–Crippen MR) is 67.4 cm³/mol. The first-order chi connectivity index (χ1) is 8.06. The van der Waals surface area contributed by atoms with E-state index in [2.05, 4.69) is 4.98 Å². The molecule has 2 aromatic heterocycles. The first kappa shape index (κ1) is 12.1. The third kappa shape index (κ3) is 2.85. The molecule has 1 unspecified atom stereocenters. The fraction of sp³-hybridized carbons (Fsp3) is 0.500. The molecule has 0 spiro atoms. The maximum Gasteiger partial charge on any atom is 0.306 e. The van der Waals surface area contributed by atoms with Gasteiger partial charge < -0.3 is 5.11 Å². The van der Waals surface area contributed by atoms with Crippen LogP contribution in [0.3, 0.4) is 0 Å². The second kappa shape index (κ2) is 4.87. The monoisotopic (exact) mass is 252 g/mol. The standard InChI is InChI=1S/C12H16N2O2S/c1-8(2)5-9(11(15)16)6-10-7-14-3-4-17-12(14)13-10/h3-4,7-9H,5-6H2,1-2H3,(H,15,16). The van der Waals surface area contributed by atoms with E-state index in [0.29, 0.717) is 18.8 Å². The van der Waals surface area contributed by atoms with E-state index in [0.717, 1.165) is 10.7 Å². The minimum absolute atomic E-state index is 0.334. The number of hydrogen-bond acceptors (Lipinski definition) is 3. The minimum Gasteiger partial charge on any atom is -0.481 e. The van der Waals surface area contributed by atoms with Crippen molar-refractivity contribution in [2.24, 2.45) is 11.8 Å². The van der Waals surface area contributed by atoms with Crippen LogP contribution in [0.4, 0.5) is 0 Å². The third-order valence-corrected chi connectivity index (χ3v) is 3.47. The molecule has 92 valence electrons. The lowest BCUT2D eigenvalue weighted by Gasteiger charge is -2.12. The van der Waals surface area contributed by atoms with Crippen LogP contribution >= 0.6 is 11.3 Å². The van der Waals surface area contributed by atoms with Crippen LogP contribution in [0.15, 0.2) is 17.8 Å². The van der Waals surface area contributed by atoms with Crippen LogP contribution in [-0.4, -0.2) is 20.5 Å². The molecule has 0 amide bonds.